The van der Waals surface area contributed by atoms with Crippen molar-refractivity contribution in [2.45, 2.75) is 38.1 Å². The van der Waals surface area contributed by atoms with Crippen molar-refractivity contribution < 1.29 is 9.53 Å². The van der Waals surface area contributed by atoms with Gasteiger partial charge in [0.25, 0.3) is 0 Å². The highest BCUT2D eigenvalue weighted by molar-refractivity contribution is 5.77. The number of ether oxygens (including phenoxy) is 1. The average Bonchev–Trinajstić information content (AvgIpc) is 3.67. The molecule has 1 aliphatic heterocycles. The second-order valence-corrected chi connectivity index (χ2v) is 8.63. The molecule has 1 saturated carbocycles. The lowest BCUT2D eigenvalue weighted by atomic mass is 9.97. The number of benzene rings is 1. The molecule has 2 aliphatic rings. The molecule has 1 aliphatic carbocycles. The first-order valence-electron chi connectivity index (χ1n) is 11.3. The molecule has 0 bridgehead atoms. The average molecular weight is 431 g/mol. The van der Waals surface area contributed by atoms with E-state index >= 15 is 0 Å². The number of pyridine rings is 1. The Hall–Kier alpha value is -3.17. The quantitative estimate of drug-likeness (QED) is 0.658. The summed E-state index contributed by atoms with van der Waals surface area (Å²) in [5, 5.41) is 9.96. The van der Waals surface area contributed by atoms with Crippen LogP contribution in [0.3, 0.4) is 0 Å². The molecule has 1 aromatic carbocycles. The van der Waals surface area contributed by atoms with Crippen molar-refractivity contribution >= 4 is 17.8 Å². The molecule has 0 spiro atoms. The maximum absolute atomic E-state index is 12.5. The molecule has 6 nitrogen and oxygen atoms in total. The van der Waals surface area contributed by atoms with E-state index in [0.29, 0.717) is 44.1 Å². The lowest BCUT2D eigenvalue weighted by Crippen LogP contribution is -2.54. The minimum Gasteiger partial charge on any atom is -0.384 e. The van der Waals surface area contributed by atoms with Gasteiger partial charge in [0.1, 0.15) is 11.9 Å². The molecule has 4 rings (SSSR count). The molecule has 1 unspecified atom stereocenters. The van der Waals surface area contributed by atoms with E-state index in [0.717, 1.165) is 41.0 Å². The minimum atomic E-state index is 0.0507. The summed E-state index contributed by atoms with van der Waals surface area (Å²) in [5.41, 5.74) is 4.82. The van der Waals surface area contributed by atoms with E-state index in [4.69, 9.17) is 9.72 Å². The first-order valence-corrected chi connectivity index (χ1v) is 11.3. The van der Waals surface area contributed by atoms with E-state index in [9.17, 15) is 10.1 Å². The maximum Gasteiger partial charge on any atom is 0.225 e. The molecule has 2 aromatic rings. The Morgan fingerprint density at radius 3 is 2.81 bits per heavy atom. The number of carbonyl (C=O) groups excluding carboxylic acids is 1. The van der Waals surface area contributed by atoms with Crippen LogP contribution >= 0.6 is 0 Å². The molecule has 166 valence electrons. The minimum absolute atomic E-state index is 0.0507. The third-order valence-corrected chi connectivity index (χ3v) is 6.32. The first kappa shape index (κ1) is 22.0. The Labute approximate surface area is 190 Å². The lowest BCUT2D eigenvalue weighted by Gasteiger charge is -2.41. The fraction of sp³-hybridized carbons (Fsp3) is 0.423. The highest BCUT2D eigenvalue weighted by atomic mass is 16.5. The molecule has 1 amide bonds. The number of hydrogen-bond donors (Lipinski definition) is 0. The van der Waals surface area contributed by atoms with Crippen LogP contribution in [0, 0.1) is 11.3 Å². The Morgan fingerprint density at radius 2 is 2.16 bits per heavy atom. The van der Waals surface area contributed by atoms with Gasteiger partial charge in [-0.15, -0.1) is 0 Å². The summed E-state index contributed by atoms with van der Waals surface area (Å²) in [4.78, 5) is 21.6. The smallest absolute Gasteiger partial charge is 0.225 e. The molecular formula is C26H30N4O2. The van der Waals surface area contributed by atoms with Crippen molar-refractivity contribution in [3.8, 4) is 17.2 Å². The number of anilines is 1. The molecule has 1 aromatic heterocycles. The lowest BCUT2D eigenvalue weighted by molar-refractivity contribution is -0.134. The van der Waals surface area contributed by atoms with Crippen LogP contribution < -0.4 is 4.90 Å². The molecule has 6 heteroatoms. The van der Waals surface area contributed by atoms with Crippen LogP contribution in [0.2, 0.25) is 0 Å². The number of aromatic nitrogens is 1. The summed E-state index contributed by atoms with van der Waals surface area (Å²) in [6.45, 7) is 8.32. The Balaban J connectivity index is 1.64. The predicted molar refractivity (Wildman–Crippen MR) is 126 cm³/mol. The van der Waals surface area contributed by atoms with Crippen molar-refractivity contribution in [2.24, 2.45) is 0 Å². The number of nitrogens with zero attached hydrogens (tertiary/aromatic N) is 4. The number of carbonyl (C=O) groups is 1. The van der Waals surface area contributed by atoms with Crippen LogP contribution in [-0.4, -0.2) is 55.2 Å². The van der Waals surface area contributed by atoms with Gasteiger partial charge in [0.15, 0.2) is 0 Å². The van der Waals surface area contributed by atoms with E-state index in [1.807, 2.05) is 29.2 Å². The van der Waals surface area contributed by atoms with E-state index in [2.05, 4.69) is 36.6 Å². The SMILES string of the molecule is C=Cc1cccc(-c2cc(C#N)c(N3CCN(C(=O)CCOC)C(C)C3)nc2C2CC2)c1. The van der Waals surface area contributed by atoms with Crippen LogP contribution in [0.1, 0.15) is 48.9 Å². The molecule has 2 heterocycles. The van der Waals surface area contributed by atoms with E-state index < -0.39 is 0 Å². The highest BCUT2D eigenvalue weighted by Crippen LogP contribution is 2.45. The first-order chi connectivity index (χ1) is 15.5. The number of piperazine rings is 1. The van der Waals surface area contributed by atoms with Crippen molar-refractivity contribution in [3.05, 3.63) is 53.7 Å². The topological polar surface area (TPSA) is 69.5 Å². The molecule has 0 N–H and O–H groups in total. The second kappa shape index (κ2) is 9.54. The van der Waals surface area contributed by atoms with Gasteiger partial charge in [-0.05, 0) is 43.0 Å². The summed E-state index contributed by atoms with van der Waals surface area (Å²) < 4.78 is 5.05. The summed E-state index contributed by atoms with van der Waals surface area (Å²) in [6.07, 6.45) is 4.49. The maximum atomic E-state index is 12.5. The van der Waals surface area contributed by atoms with Crippen molar-refractivity contribution in [1.29, 1.82) is 5.26 Å². The van der Waals surface area contributed by atoms with Crippen LogP contribution in [0.15, 0.2) is 36.9 Å². The fourth-order valence-corrected chi connectivity index (χ4v) is 4.43. The van der Waals surface area contributed by atoms with Crippen molar-refractivity contribution in [2.75, 3.05) is 38.3 Å². The number of hydrogen-bond acceptors (Lipinski definition) is 5. The number of nitriles is 1. The molecule has 0 radical (unpaired) electrons. The zero-order valence-electron chi connectivity index (χ0n) is 18.9. The molecule has 1 atom stereocenters. The van der Waals surface area contributed by atoms with Gasteiger partial charge in [-0.25, -0.2) is 4.98 Å². The van der Waals surface area contributed by atoms with Crippen molar-refractivity contribution in [3.63, 3.8) is 0 Å². The summed E-state index contributed by atoms with van der Waals surface area (Å²) in [7, 11) is 1.61. The molecule has 2 fully saturated rings. The summed E-state index contributed by atoms with van der Waals surface area (Å²) in [5.74, 6) is 1.30. The van der Waals surface area contributed by atoms with E-state index in [1.54, 1.807) is 7.11 Å². The zero-order chi connectivity index (χ0) is 22.7. The summed E-state index contributed by atoms with van der Waals surface area (Å²) in [6, 6.07) is 12.6. The van der Waals surface area contributed by atoms with Crippen molar-refractivity contribution in [1.82, 2.24) is 9.88 Å². The van der Waals surface area contributed by atoms with Crippen LogP contribution in [0.25, 0.3) is 17.2 Å². The van der Waals surface area contributed by atoms with Gasteiger partial charge in [-0.2, -0.15) is 5.26 Å². The highest BCUT2D eigenvalue weighted by Gasteiger charge is 2.33. The Bertz CT molecular complexity index is 1050. The monoisotopic (exact) mass is 430 g/mol. The van der Waals surface area contributed by atoms with Gasteiger partial charge in [-0.1, -0.05) is 30.9 Å². The predicted octanol–water partition coefficient (Wildman–Crippen LogP) is 4.21. The number of amides is 1. The fourth-order valence-electron chi connectivity index (χ4n) is 4.43. The Morgan fingerprint density at radius 1 is 1.34 bits per heavy atom. The Kier molecular flexibility index (Phi) is 6.57. The third-order valence-electron chi connectivity index (χ3n) is 6.32. The molecular weight excluding hydrogens is 400 g/mol. The zero-order valence-corrected chi connectivity index (χ0v) is 18.9. The van der Waals surface area contributed by atoms with Gasteiger partial charge in [0, 0.05) is 44.3 Å². The normalized spacial score (nSPS) is 18.3. The third kappa shape index (κ3) is 4.53. The van der Waals surface area contributed by atoms with Gasteiger partial charge in [0.05, 0.1) is 24.3 Å². The van der Waals surface area contributed by atoms with Crippen LogP contribution in [0.4, 0.5) is 5.82 Å². The number of methoxy groups -OCH3 is 1. The molecule has 32 heavy (non-hydrogen) atoms. The van der Waals surface area contributed by atoms with Crippen LogP contribution in [0.5, 0.6) is 0 Å². The van der Waals surface area contributed by atoms with E-state index in [-0.39, 0.29) is 11.9 Å². The standard InChI is InChI=1S/C26H30N4O2/c1-4-19-6-5-7-21(14-19)23-15-22(16-27)26(28-25(23)20-8-9-20)29-11-12-30(18(2)17-29)24(31)10-13-32-3/h4-7,14-15,18,20H,1,8-13,17H2,2-3H3. The van der Waals surface area contributed by atoms with Gasteiger partial charge < -0.3 is 14.5 Å². The summed E-state index contributed by atoms with van der Waals surface area (Å²) >= 11 is 0. The largest absolute Gasteiger partial charge is 0.384 e. The second-order valence-electron chi connectivity index (χ2n) is 8.63. The van der Waals surface area contributed by atoms with Gasteiger partial charge in [-0.3, -0.25) is 4.79 Å². The van der Waals surface area contributed by atoms with Crippen LogP contribution in [-0.2, 0) is 9.53 Å². The van der Waals surface area contributed by atoms with E-state index in [1.165, 1.54) is 0 Å². The molecule has 1 saturated heterocycles. The number of rotatable bonds is 7. The van der Waals surface area contributed by atoms with Gasteiger partial charge in [0.2, 0.25) is 5.91 Å². The van der Waals surface area contributed by atoms with Gasteiger partial charge >= 0.3 is 0 Å².